The first-order chi connectivity index (χ1) is 22.9. The van der Waals surface area contributed by atoms with Crippen molar-refractivity contribution in [3.8, 4) is 22.6 Å². The molecule has 0 aliphatic carbocycles. The second kappa shape index (κ2) is 13.8. The SMILES string of the molecule is CSc1cc(C)[nH]c(=O)c1CNC(=O)c1cc(-c2ccc(N3C[C@@H](C)O[C@@H](C)C3)nc2)c2c(c1C)O[C@@](C)(C1CCN(C(C)C)CC1)O2. The molecule has 0 unspecified atom stereocenters. The van der Waals surface area contributed by atoms with Crippen LogP contribution < -0.4 is 25.2 Å². The predicted octanol–water partition coefficient (Wildman–Crippen LogP) is 5.93. The Hall–Kier alpha value is -3.54. The van der Waals surface area contributed by atoms with Gasteiger partial charge >= 0.3 is 0 Å². The van der Waals surface area contributed by atoms with Crippen molar-refractivity contribution in [3.05, 3.63) is 63.2 Å². The molecule has 2 N–H and O–H groups in total. The van der Waals surface area contributed by atoms with E-state index in [4.69, 9.17) is 19.2 Å². The van der Waals surface area contributed by atoms with Crippen molar-refractivity contribution in [1.82, 2.24) is 20.2 Å². The zero-order valence-electron chi connectivity index (χ0n) is 29.4. The molecule has 6 rings (SSSR count). The van der Waals surface area contributed by atoms with Crippen LogP contribution in [0, 0.1) is 19.8 Å². The van der Waals surface area contributed by atoms with Gasteiger partial charge in [-0.05, 0) is 98.0 Å². The number of aryl methyl sites for hydroxylation is 1. The molecule has 11 heteroatoms. The van der Waals surface area contributed by atoms with Crippen molar-refractivity contribution in [2.45, 2.75) is 96.8 Å². The summed E-state index contributed by atoms with van der Waals surface area (Å²) in [6, 6.07) is 8.37. The van der Waals surface area contributed by atoms with Crippen LogP contribution in [0.15, 0.2) is 40.2 Å². The van der Waals surface area contributed by atoms with Crippen molar-refractivity contribution in [2.24, 2.45) is 5.92 Å². The van der Waals surface area contributed by atoms with Crippen LogP contribution in [-0.2, 0) is 11.3 Å². The van der Waals surface area contributed by atoms with Gasteiger partial charge in [0.2, 0.25) is 0 Å². The number of thioether (sulfide) groups is 1. The van der Waals surface area contributed by atoms with Gasteiger partial charge in [-0.15, -0.1) is 11.8 Å². The summed E-state index contributed by atoms with van der Waals surface area (Å²) >= 11 is 1.49. The minimum absolute atomic E-state index is 0.104. The van der Waals surface area contributed by atoms with Gasteiger partial charge in [0, 0.05) is 83.1 Å². The number of fused-ring (bicyclic) bond motifs is 1. The minimum Gasteiger partial charge on any atom is -0.448 e. The molecule has 3 atom stereocenters. The number of carbonyl (C=O) groups excluding carboxylic acids is 1. The van der Waals surface area contributed by atoms with Crippen LogP contribution in [0.5, 0.6) is 11.5 Å². The molecule has 10 nitrogen and oxygen atoms in total. The van der Waals surface area contributed by atoms with Crippen LogP contribution in [-0.4, -0.2) is 77.2 Å². The Morgan fingerprint density at radius 2 is 1.79 bits per heavy atom. The van der Waals surface area contributed by atoms with Crippen LogP contribution in [0.3, 0.4) is 0 Å². The van der Waals surface area contributed by atoms with Crippen LogP contribution in [0.25, 0.3) is 11.1 Å². The first-order valence-corrected chi connectivity index (χ1v) is 18.3. The number of nitrogens with zero attached hydrogens (tertiary/aromatic N) is 3. The summed E-state index contributed by atoms with van der Waals surface area (Å²) in [4.78, 5) is 40.0. The van der Waals surface area contributed by atoms with Crippen LogP contribution in [0.4, 0.5) is 5.82 Å². The number of ether oxygens (including phenoxy) is 3. The highest BCUT2D eigenvalue weighted by Crippen LogP contribution is 2.52. The number of H-pyrrole nitrogens is 1. The molecular formula is C37H49N5O5S. The Labute approximate surface area is 287 Å². The maximum Gasteiger partial charge on any atom is 0.254 e. The lowest BCUT2D eigenvalue weighted by Crippen LogP contribution is -2.49. The Kier molecular flexibility index (Phi) is 9.84. The third kappa shape index (κ3) is 6.82. The topological polar surface area (TPSA) is 109 Å². The van der Waals surface area contributed by atoms with Gasteiger partial charge in [0.05, 0.1) is 12.2 Å². The number of pyridine rings is 2. The van der Waals surface area contributed by atoms with Crippen LogP contribution >= 0.6 is 11.8 Å². The monoisotopic (exact) mass is 675 g/mol. The van der Waals surface area contributed by atoms with E-state index in [0.29, 0.717) is 34.2 Å². The Morgan fingerprint density at radius 3 is 2.42 bits per heavy atom. The summed E-state index contributed by atoms with van der Waals surface area (Å²) < 4.78 is 19.5. The number of nitrogens with one attached hydrogen (secondary N) is 2. The molecule has 5 heterocycles. The lowest BCUT2D eigenvalue weighted by Gasteiger charge is -2.40. The quantitative estimate of drug-likeness (QED) is 0.281. The number of aromatic amines is 1. The molecule has 1 aromatic carbocycles. The maximum atomic E-state index is 13.9. The highest BCUT2D eigenvalue weighted by atomic mass is 32.2. The second-order valence-corrected chi connectivity index (χ2v) is 14.8. The smallest absolute Gasteiger partial charge is 0.254 e. The Balaban J connectivity index is 1.34. The van der Waals surface area contributed by atoms with Crippen molar-refractivity contribution in [3.63, 3.8) is 0 Å². The third-order valence-corrected chi connectivity index (χ3v) is 10.8. The van der Waals surface area contributed by atoms with Gasteiger partial charge in [0.15, 0.2) is 11.5 Å². The number of rotatable bonds is 8. The predicted molar refractivity (Wildman–Crippen MR) is 190 cm³/mol. The molecule has 3 aliphatic rings. The molecule has 258 valence electrons. The minimum atomic E-state index is -0.865. The maximum absolute atomic E-state index is 13.9. The molecule has 1 amide bonds. The second-order valence-electron chi connectivity index (χ2n) is 14.0. The van der Waals surface area contributed by atoms with Crippen molar-refractivity contribution in [2.75, 3.05) is 37.3 Å². The number of hydrogen-bond donors (Lipinski definition) is 2. The molecule has 3 aliphatic heterocycles. The number of morpholine rings is 1. The molecule has 0 bridgehead atoms. The molecule has 2 saturated heterocycles. The number of hydrogen-bond acceptors (Lipinski definition) is 9. The van der Waals surface area contributed by atoms with Gasteiger partial charge in [0.1, 0.15) is 5.82 Å². The number of carbonyl (C=O) groups is 1. The molecule has 0 saturated carbocycles. The van der Waals surface area contributed by atoms with E-state index in [-0.39, 0.29) is 36.1 Å². The van der Waals surface area contributed by atoms with E-state index < -0.39 is 5.79 Å². The number of amides is 1. The number of likely N-dealkylation sites (tertiary alicyclic amines) is 1. The van der Waals surface area contributed by atoms with E-state index in [1.54, 1.807) is 0 Å². The van der Waals surface area contributed by atoms with Crippen molar-refractivity contribution < 1.29 is 19.0 Å². The van der Waals surface area contributed by atoms with Gasteiger partial charge in [0.25, 0.3) is 17.3 Å². The van der Waals surface area contributed by atoms with Gasteiger partial charge in [-0.2, -0.15) is 0 Å². The summed E-state index contributed by atoms with van der Waals surface area (Å²) in [5.74, 6) is 1.15. The van der Waals surface area contributed by atoms with Crippen molar-refractivity contribution in [1.29, 1.82) is 0 Å². The normalized spacial score (nSPS) is 23.1. The van der Waals surface area contributed by atoms with Gasteiger partial charge < -0.3 is 34.3 Å². The van der Waals surface area contributed by atoms with E-state index in [2.05, 4.69) is 47.8 Å². The van der Waals surface area contributed by atoms with Gasteiger partial charge in [-0.3, -0.25) is 9.59 Å². The fourth-order valence-electron chi connectivity index (χ4n) is 7.34. The molecule has 48 heavy (non-hydrogen) atoms. The van der Waals surface area contributed by atoms with Gasteiger partial charge in [-0.1, -0.05) is 0 Å². The third-order valence-electron chi connectivity index (χ3n) is 10.0. The zero-order chi connectivity index (χ0) is 34.3. The summed E-state index contributed by atoms with van der Waals surface area (Å²) in [6.07, 6.45) is 5.94. The fourth-order valence-corrected chi connectivity index (χ4v) is 8.04. The lowest BCUT2D eigenvalue weighted by molar-refractivity contribution is -0.126. The number of piperidine rings is 1. The Morgan fingerprint density at radius 1 is 1.10 bits per heavy atom. The molecule has 0 radical (unpaired) electrons. The lowest BCUT2D eigenvalue weighted by atomic mass is 9.88. The molecular weight excluding hydrogens is 627 g/mol. The fraction of sp³-hybridized carbons (Fsp3) is 0.541. The number of anilines is 1. The van der Waals surface area contributed by atoms with E-state index in [0.717, 1.165) is 66.6 Å². The van der Waals surface area contributed by atoms with Crippen LogP contribution in [0.2, 0.25) is 0 Å². The molecule has 3 aromatic rings. The summed E-state index contributed by atoms with van der Waals surface area (Å²) in [5.41, 5.74) is 3.89. The van der Waals surface area contributed by atoms with E-state index >= 15 is 0 Å². The Bertz CT molecular complexity index is 1710. The largest absolute Gasteiger partial charge is 0.448 e. The highest BCUT2D eigenvalue weighted by Gasteiger charge is 2.47. The molecule has 2 aromatic heterocycles. The zero-order valence-corrected chi connectivity index (χ0v) is 30.3. The van der Waals surface area contributed by atoms with E-state index in [1.807, 2.05) is 57.5 Å². The molecule has 2 fully saturated rings. The van der Waals surface area contributed by atoms with Crippen LogP contribution in [0.1, 0.15) is 74.6 Å². The van der Waals surface area contributed by atoms with Crippen molar-refractivity contribution >= 4 is 23.5 Å². The standard InChI is InChI=1S/C37H49N5O5S/c1-21(2)41-13-11-27(12-14-41)37(7)46-33-25(6)28(35(43)39-18-30-31(48-8)15-22(3)40-36(30)44)16-29(34(33)47-37)26-9-10-32(38-17-26)42-19-23(4)45-24(5)20-42/h9-10,15-17,21,23-24,27H,11-14,18-20H2,1-8H3,(H,39,43)(H,40,44)/t23-,24+,37-/m1/s1. The average molecular weight is 676 g/mol. The highest BCUT2D eigenvalue weighted by molar-refractivity contribution is 7.98. The summed E-state index contributed by atoms with van der Waals surface area (Å²) in [7, 11) is 0. The first kappa shape index (κ1) is 34.3. The van der Waals surface area contributed by atoms with E-state index in [1.165, 1.54) is 11.8 Å². The van der Waals surface area contributed by atoms with E-state index in [9.17, 15) is 9.59 Å². The number of aromatic nitrogens is 2. The average Bonchev–Trinajstić information content (AvgIpc) is 3.43. The molecule has 0 spiro atoms. The number of benzene rings is 1. The summed E-state index contributed by atoms with van der Waals surface area (Å²) in [6.45, 7) is 18.0. The first-order valence-electron chi connectivity index (χ1n) is 17.1. The summed E-state index contributed by atoms with van der Waals surface area (Å²) in [5, 5.41) is 3.01. The van der Waals surface area contributed by atoms with Gasteiger partial charge in [-0.25, -0.2) is 4.98 Å².